The lowest BCUT2D eigenvalue weighted by atomic mass is 9.96. The van der Waals surface area contributed by atoms with Crippen molar-refractivity contribution in [1.82, 2.24) is 10.2 Å². The van der Waals surface area contributed by atoms with Crippen LogP contribution >= 0.6 is 0 Å². The third-order valence-corrected chi connectivity index (χ3v) is 4.12. The van der Waals surface area contributed by atoms with Gasteiger partial charge in [0, 0.05) is 19.6 Å². The number of likely N-dealkylation sites (tertiary alicyclic amines) is 1. The van der Waals surface area contributed by atoms with Gasteiger partial charge in [0.05, 0.1) is 12.2 Å². The summed E-state index contributed by atoms with van der Waals surface area (Å²) in [6.07, 6.45) is 3.12. The van der Waals surface area contributed by atoms with Crippen LogP contribution in [-0.4, -0.2) is 29.8 Å². The second kappa shape index (κ2) is 7.13. The number of rotatable bonds is 4. The van der Waals surface area contributed by atoms with Crippen LogP contribution in [-0.2, 0) is 11.3 Å². The zero-order valence-corrected chi connectivity index (χ0v) is 12.9. The van der Waals surface area contributed by atoms with Crippen LogP contribution in [0.4, 0.5) is 0 Å². The van der Waals surface area contributed by atoms with Gasteiger partial charge in [-0.2, -0.15) is 0 Å². The molecule has 1 atom stereocenters. The first-order valence-electron chi connectivity index (χ1n) is 7.88. The van der Waals surface area contributed by atoms with Gasteiger partial charge in [0.1, 0.15) is 0 Å². The highest BCUT2D eigenvalue weighted by atomic mass is 16.3. The van der Waals surface area contributed by atoms with Crippen molar-refractivity contribution in [1.29, 1.82) is 0 Å². The monoisotopic (exact) mass is 312 g/mol. The molecule has 23 heavy (non-hydrogen) atoms. The number of carbonyl (C=O) groups excluding carboxylic acids is 2. The molecule has 2 heterocycles. The lowest BCUT2D eigenvalue weighted by molar-refractivity contribution is -0.126. The predicted molar refractivity (Wildman–Crippen MR) is 85.6 cm³/mol. The number of amides is 2. The fourth-order valence-corrected chi connectivity index (χ4v) is 2.86. The first-order valence-corrected chi connectivity index (χ1v) is 7.88. The number of furan rings is 1. The number of benzene rings is 1. The van der Waals surface area contributed by atoms with Crippen molar-refractivity contribution in [3.63, 3.8) is 0 Å². The van der Waals surface area contributed by atoms with Gasteiger partial charge in [0.2, 0.25) is 5.91 Å². The SMILES string of the molecule is O=C(NCc1ccccc1)C1CCCN(C(=O)c2ccco2)C1. The van der Waals surface area contributed by atoms with Gasteiger partial charge < -0.3 is 14.6 Å². The van der Waals surface area contributed by atoms with Crippen LogP contribution in [0.2, 0.25) is 0 Å². The van der Waals surface area contributed by atoms with Crippen molar-refractivity contribution in [2.45, 2.75) is 19.4 Å². The maximum Gasteiger partial charge on any atom is 0.289 e. The summed E-state index contributed by atoms with van der Waals surface area (Å²) in [7, 11) is 0. The van der Waals surface area contributed by atoms with Crippen LogP contribution in [0.25, 0.3) is 0 Å². The van der Waals surface area contributed by atoms with Gasteiger partial charge in [-0.3, -0.25) is 9.59 Å². The van der Waals surface area contributed by atoms with E-state index in [0.29, 0.717) is 25.4 Å². The molecular formula is C18H20N2O3. The quantitative estimate of drug-likeness (QED) is 0.943. The summed E-state index contributed by atoms with van der Waals surface area (Å²) in [5, 5.41) is 2.96. The molecule has 2 amide bonds. The Morgan fingerprint density at radius 3 is 2.74 bits per heavy atom. The first kappa shape index (κ1) is 15.3. The molecule has 1 N–H and O–H groups in total. The lowest BCUT2D eigenvalue weighted by Crippen LogP contribution is -2.45. The molecule has 0 saturated carbocycles. The second-order valence-corrected chi connectivity index (χ2v) is 5.77. The summed E-state index contributed by atoms with van der Waals surface area (Å²) in [4.78, 5) is 26.4. The van der Waals surface area contributed by atoms with E-state index >= 15 is 0 Å². The maximum atomic E-state index is 12.4. The van der Waals surface area contributed by atoms with Gasteiger partial charge >= 0.3 is 0 Å². The van der Waals surface area contributed by atoms with Crippen molar-refractivity contribution in [2.75, 3.05) is 13.1 Å². The molecule has 5 heteroatoms. The van der Waals surface area contributed by atoms with E-state index in [2.05, 4.69) is 5.32 Å². The Morgan fingerprint density at radius 1 is 1.17 bits per heavy atom. The number of carbonyl (C=O) groups is 2. The highest BCUT2D eigenvalue weighted by Gasteiger charge is 2.29. The standard InChI is InChI=1S/C18H20N2O3/c21-17(19-12-14-6-2-1-3-7-14)15-8-4-10-20(13-15)18(22)16-9-5-11-23-16/h1-3,5-7,9,11,15H,4,8,10,12-13H2,(H,19,21). The van der Waals surface area contributed by atoms with Crippen molar-refractivity contribution in [3.8, 4) is 0 Å². The second-order valence-electron chi connectivity index (χ2n) is 5.77. The number of nitrogens with zero attached hydrogens (tertiary/aromatic N) is 1. The van der Waals surface area contributed by atoms with Gasteiger partial charge in [-0.15, -0.1) is 0 Å². The Hall–Kier alpha value is -2.56. The minimum Gasteiger partial charge on any atom is -0.459 e. The Morgan fingerprint density at radius 2 is 2.00 bits per heavy atom. The van der Waals surface area contributed by atoms with Crippen LogP contribution in [0.15, 0.2) is 53.1 Å². The molecule has 1 fully saturated rings. The molecule has 0 spiro atoms. The molecule has 2 aromatic rings. The zero-order valence-electron chi connectivity index (χ0n) is 12.9. The van der Waals surface area contributed by atoms with Gasteiger partial charge in [0.15, 0.2) is 5.76 Å². The molecule has 5 nitrogen and oxygen atoms in total. The molecule has 0 bridgehead atoms. The lowest BCUT2D eigenvalue weighted by Gasteiger charge is -2.31. The van der Waals surface area contributed by atoms with E-state index in [4.69, 9.17) is 4.42 Å². The fourth-order valence-electron chi connectivity index (χ4n) is 2.86. The highest BCUT2D eigenvalue weighted by Crippen LogP contribution is 2.19. The molecule has 0 radical (unpaired) electrons. The molecule has 1 aromatic heterocycles. The van der Waals surface area contributed by atoms with Crippen LogP contribution in [0.3, 0.4) is 0 Å². The highest BCUT2D eigenvalue weighted by molar-refractivity contribution is 5.92. The Labute approximate surface area is 135 Å². The Bertz CT molecular complexity index is 652. The molecule has 1 saturated heterocycles. The molecule has 1 aromatic carbocycles. The number of hydrogen-bond donors (Lipinski definition) is 1. The molecule has 120 valence electrons. The normalized spacial score (nSPS) is 17.7. The minimum absolute atomic E-state index is 0.00537. The molecule has 0 aliphatic carbocycles. The number of hydrogen-bond acceptors (Lipinski definition) is 3. The molecular weight excluding hydrogens is 292 g/mol. The van der Waals surface area contributed by atoms with Crippen LogP contribution in [0.5, 0.6) is 0 Å². The Balaban J connectivity index is 1.55. The van der Waals surface area contributed by atoms with E-state index < -0.39 is 0 Å². The largest absolute Gasteiger partial charge is 0.459 e. The topological polar surface area (TPSA) is 62.6 Å². The minimum atomic E-state index is -0.161. The average molecular weight is 312 g/mol. The van der Waals surface area contributed by atoms with E-state index in [1.165, 1.54) is 6.26 Å². The first-order chi connectivity index (χ1) is 11.2. The van der Waals surface area contributed by atoms with Crippen molar-refractivity contribution in [3.05, 3.63) is 60.1 Å². The number of piperidine rings is 1. The van der Waals surface area contributed by atoms with Crippen molar-refractivity contribution in [2.24, 2.45) is 5.92 Å². The van der Waals surface area contributed by atoms with Crippen LogP contribution in [0, 0.1) is 5.92 Å². The smallest absolute Gasteiger partial charge is 0.289 e. The predicted octanol–water partition coefficient (Wildman–Crippen LogP) is 2.45. The van der Waals surface area contributed by atoms with Crippen molar-refractivity contribution >= 4 is 11.8 Å². The van der Waals surface area contributed by atoms with Crippen molar-refractivity contribution < 1.29 is 14.0 Å². The summed E-state index contributed by atoms with van der Waals surface area (Å²) >= 11 is 0. The summed E-state index contributed by atoms with van der Waals surface area (Å²) in [6.45, 7) is 1.63. The van der Waals surface area contributed by atoms with Crippen LogP contribution < -0.4 is 5.32 Å². The van der Waals surface area contributed by atoms with E-state index in [0.717, 1.165) is 18.4 Å². The van der Waals surface area contributed by atoms with Gasteiger partial charge in [-0.1, -0.05) is 30.3 Å². The summed E-state index contributed by atoms with van der Waals surface area (Å²) < 4.78 is 5.16. The third-order valence-electron chi connectivity index (χ3n) is 4.12. The zero-order chi connectivity index (χ0) is 16.1. The van der Waals surface area contributed by atoms with Gasteiger partial charge in [-0.25, -0.2) is 0 Å². The van der Waals surface area contributed by atoms with E-state index in [1.807, 2.05) is 30.3 Å². The summed E-state index contributed by atoms with van der Waals surface area (Å²) in [5.74, 6) is 0.0306. The third kappa shape index (κ3) is 3.80. The van der Waals surface area contributed by atoms with Crippen LogP contribution in [0.1, 0.15) is 29.0 Å². The molecule has 3 rings (SSSR count). The average Bonchev–Trinajstić information content (AvgIpc) is 3.14. The summed E-state index contributed by atoms with van der Waals surface area (Å²) in [5.41, 5.74) is 1.07. The maximum absolute atomic E-state index is 12.4. The number of nitrogens with one attached hydrogen (secondary N) is 1. The fraction of sp³-hybridized carbons (Fsp3) is 0.333. The Kier molecular flexibility index (Phi) is 4.76. The van der Waals surface area contributed by atoms with Gasteiger partial charge in [0.25, 0.3) is 5.91 Å². The van der Waals surface area contributed by atoms with E-state index in [-0.39, 0.29) is 17.7 Å². The summed E-state index contributed by atoms with van der Waals surface area (Å²) in [6, 6.07) is 13.2. The van der Waals surface area contributed by atoms with E-state index in [9.17, 15) is 9.59 Å². The molecule has 1 unspecified atom stereocenters. The van der Waals surface area contributed by atoms with Gasteiger partial charge in [-0.05, 0) is 30.5 Å². The van der Waals surface area contributed by atoms with E-state index in [1.54, 1.807) is 17.0 Å². The molecule has 1 aliphatic rings. The molecule has 1 aliphatic heterocycles.